The molecule has 0 aromatic heterocycles. The third-order valence-corrected chi connectivity index (χ3v) is 2.82. The maximum Gasteiger partial charge on any atom is 0.220 e. The van der Waals surface area contributed by atoms with E-state index in [4.69, 9.17) is 5.73 Å². The number of hydrogen-bond acceptors (Lipinski definition) is 2. The second-order valence-corrected chi connectivity index (χ2v) is 4.71. The van der Waals surface area contributed by atoms with Crippen molar-refractivity contribution in [3.8, 4) is 0 Å². The van der Waals surface area contributed by atoms with E-state index in [1.807, 2.05) is 13.8 Å². The van der Waals surface area contributed by atoms with Gasteiger partial charge in [0.15, 0.2) is 0 Å². The van der Waals surface area contributed by atoms with Crippen molar-refractivity contribution in [3.05, 3.63) is 0 Å². The average Bonchev–Trinajstić information content (AvgIpc) is 2.07. The zero-order valence-corrected chi connectivity index (χ0v) is 10.5. The molecule has 1 rings (SSSR count). The van der Waals surface area contributed by atoms with Gasteiger partial charge in [0.1, 0.15) is 0 Å². The molecule has 0 spiro atoms. The van der Waals surface area contributed by atoms with Gasteiger partial charge in [0.25, 0.3) is 0 Å². The van der Waals surface area contributed by atoms with Gasteiger partial charge in [-0.15, -0.1) is 12.4 Å². The molecular formula is C11H23ClN2O. The Bertz CT molecular complexity index is 189. The Kier molecular flexibility index (Phi) is 6.94. The summed E-state index contributed by atoms with van der Waals surface area (Å²) in [6.45, 7) is 3.99. The molecule has 0 aromatic rings. The van der Waals surface area contributed by atoms with Crippen LogP contribution in [0.25, 0.3) is 0 Å². The Hall–Kier alpha value is -0.280. The Labute approximate surface area is 98.6 Å². The summed E-state index contributed by atoms with van der Waals surface area (Å²) in [6.07, 6.45) is 5.09. The molecular weight excluding hydrogens is 212 g/mol. The summed E-state index contributed by atoms with van der Waals surface area (Å²) in [5, 5.41) is 2.93. The third kappa shape index (κ3) is 6.00. The van der Waals surface area contributed by atoms with Crippen LogP contribution in [0.5, 0.6) is 0 Å². The molecule has 0 aromatic carbocycles. The van der Waals surface area contributed by atoms with Crippen molar-refractivity contribution in [3.63, 3.8) is 0 Å². The molecule has 1 aliphatic rings. The maximum atomic E-state index is 11.5. The number of halogens is 1. The number of nitrogens with two attached hydrogens (primary N) is 1. The van der Waals surface area contributed by atoms with Crippen molar-refractivity contribution >= 4 is 18.3 Å². The van der Waals surface area contributed by atoms with Crippen LogP contribution in [-0.4, -0.2) is 18.0 Å². The molecule has 1 aliphatic carbocycles. The van der Waals surface area contributed by atoms with Crippen molar-refractivity contribution in [2.45, 2.75) is 58.0 Å². The molecule has 0 bridgehead atoms. The highest BCUT2D eigenvalue weighted by atomic mass is 35.5. The van der Waals surface area contributed by atoms with E-state index in [-0.39, 0.29) is 24.4 Å². The largest absolute Gasteiger partial charge is 0.354 e. The molecule has 3 N–H and O–H groups in total. The summed E-state index contributed by atoms with van der Waals surface area (Å²) in [6, 6.07) is 0.632. The van der Waals surface area contributed by atoms with Gasteiger partial charge < -0.3 is 11.1 Å². The fourth-order valence-corrected chi connectivity index (χ4v) is 2.04. The van der Waals surface area contributed by atoms with Crippen LogP contribution in [-0.2, 0) is 4.79 Å². The fraction of sp³-hybridized carbons (Fsp3) is 0.909. The van der Waals surface area contributed by atoms with Gasteiger partial charge in [0, 0.05) is 18.5 Å². The van der Waals surface area contributed by atoms with Crippen LogP contribution < -0.4 is 11.1 Å². The average molecular weight is 235 g/mol. The van der Waals surface area contributed by atoms with Gasteiger partial charge in [-0.3, -0.25) is 4.79 Å². The van der Waals surface area contributed by atoms with Crippen molar-refractivity contribution in [1.29, 1.82) is 0 Å². The summed E-state index contributed by atoms with van der Waals surface area (Å²) < 4.78 is 0. The molecule has 4 heteroatoms. The number of amides is 1. The minimum Gasteiger partial charge on any atom is -0.354 e. The number of nitrogens with one attached hydrogen (secondary N) is 1. The van der Waals surface area contributed by atoms with E-state index in [9.17, 15) is 4.79 Å². The standard InChI is InChI=1S/C11H22N2O.ClH/c1-8(2)13-11(14)7-9-3-5-10(12)6-4-9;/h8-10H,3-7,12H2,1-2H3,(H,13,14);1H. The van der Waals surface area contributed by atoms with Crippen molar-refractivity contribution < 1.29 is 4.79 Å². The summed E-state index contributed by atoms with van der Waals surface area (Å²) in [5.41, 5.74) is 5.81. The maximum absolute atomic E-state index is 11.5. The lowest BCUT2D eigenvalue weighted by molar-refractivity contribution is -0.122. The molecule has 90 valence electrons. The van der Waals surface area contributed by atoms with Crippen LogP contribution in [0.15, 0.2) is 0 Å². The van der Waals surface area contributed by atoms with Gasteiger partial charge in [-0.25, -0.2) is 0 Å². The van der Waals surface area contributed by atoms with E-state index in [0.29, 0.717) is 18.4 Å². The van der Waals surface area contributed by atoms with Crippen molar-refractivity contribution in [1.82, 2.24) is 5.32 Å². The molecule has 0 aliphatic heterocycles. The predicted octanol–water partition coefficient (Wildman–Crippen LogP) is 1.84. The second-order valence-electron chi connectivity index (χ2n) is 4.71. The van der Waals surface area contributed by atoms with Crippen LogP contribution in [0.1, 0.15) is 46.0 Å². The summed E-state index contributed by atoms with van der Waals surface area (Å²) in [7, 11) is 0. The van der Waals surface area contributed by atoms with E-state index in [0.717, 1.165) is 25.7 Å². The van der Waals surface area contributed by atoms with E-state index < -0.39 is 0 Å². The van der Waals surface area contributed by atoms with Gasteiger partial charge >= 0.3 is 0 Å². The lowest BCUT2D eigenvalue weighted by Gasteiger charge is -2.25. The molecule has 0 radical (unpaired) electrons. The quantitative estimate of drug-likeness (QED) is 0.783. The molecule has 0 atom stereocenters. The highest BCUT2D eigenvalue weighted by molar-refractivity contribution is 5.85. The van der Waals surface area contributed by atoms with E-state index in [1.54, 1.807) is 0 Å². The molecule has 0 saturated heterocycles. The van der Waals surface area contributed by atoms with Gasteiger partial charge in [-0.2, -0.15) is 0 Å². The molecule has 3 nitrogen and oxygen atoms in total. The zero-order valence-electron chi connectivity index (χ0n) is 9.66. The monoisotopic (exact) mass is 234 g/mol. The molecule has 1 saturated carbocycles. The summed E-state index contributed by atoms with van der Waals surface area (Å²) in [5.74, 6) is 0.758. The summed E-state index contributed by atoms with van der Waals surface area (Å²) >= 11 is 0. The zero-order chi connectivity index (χ0) is 10.6. The van der Waals surface area contributed by atoms with Crippen LogP contribution >= 0.6 is 12.4 Å². The topological polar surface area (TPSA) is 55.1 Å². The van der Waals surface area contributed by atoms with Crippen LogP contribution in [0.2, 0.25) is 0 Å². The highest BCUT2D eigenvalue weighted by Gasteiger charge is 2.20. The molecule has 1 fully saturated rings. The van der Waals surface area contributed by atoms with Crippen molar-refractivity contribution in [2.24, 2.45) is 11.7 Å². The first-order chi connectivity index (χ1) is 6.58. The smallest absolute Gasteiger partial charge is 0.220 e. The van der Waals surface area contributed by atoms with Crippen molar-refractivity contribution in [2.75, 3.05) is 0 Å². The van der Waals surface area contributed by atoms with E-state index >= 15 is 0 Å². The Morgan fingerprint density at radius 2 is 1.87 bits per heavy atom. The predicted molar refractivity (Wildman–Crippen MR) is 65.1 cm³/mol. The first kappa shape index (κ1) is 14.7. The Morgan fingerprint density at radius 1 is 1.33 bits per heavy atom. The third-order valence-electron chi connectivity index (χ3n) is 2.82. The Balaban J connectivity index is 0.00000196. The van der Waals surface area contributed by atoms with Crippen LogP contribution in [0.3, 0.4) is 0 Å². The highest BCUT2D eigenvalue weighted by Crippen LogP contribution is 2.25. The number of hydrogen-bond donors (Lipinski definition) is 2. The number of rotatable bonds is 3. The fourth-order valence-electron chi connectivity index (χ4n) is 2.04. The molecule has 0 unspecified atom stereocenters. The SMILES string of the molecule is CC(C)NC(=O)CC1CCC(N)CC1.Cl. The summed E-state index contributed by atoms with van der Waals surface area (Å²) in [4.78, 5) is 11.5. The van der Waals surface area contributed by atoms with Gasteiger partial charge in [-0.1, -0.05) is 0 Å². The number of carbonyl (C=O) groups is 1. The molecule has 0 heterocycles. The first-order valence-electron chi connectivity index (χ1n) is 5.63. The number of carbonyl (C=O) groups excluding carboxylic acids is 1. The Morgan fingerprint density at radius 3 is 2.33 bits per heavy atom. The van der Waals surface area contributed by atoms with E-state index in [1.165, 1.54) is 0 Å². The minimum absolute atomic E-state index is 0. The van der Waals surface area contributed by atoms with Gasteiger partial charge in [0.2, 0.25) is 5.91 Å². The molecule has 1 amide bonds. The first-order valence-corrected chi connectivity index (χ1v) is 5.63. The normalized spacial score (nSPS) is 25.9. The van der Waals surface area contributed by atoms with Crippen LogP contribution in [0.4, 0.5) is 0 Å². The minimum atomic E-state index is 0. The van der Waals surface area contributed by atoms with Crippen LogP contribution in [0, 0.1) is 5.92 Å². The van der Waals surface area contributed by atoms with E-state index in [2.05, 4.69) is 5.32 Å². The lowest BCUT2D eigenvalue weighted by atomic mass is 9.84. The second kappa shape index (κ2) is 7.07. The van der Waals surface area contributed by atoms with Gasteiger partial charge in [-0.05, 0) is 45.4 Å². The molecule has 15 heavy (non-hydrogen) atoms. The van der Waals surface area contributed by atoms with Gasteiger partial charge in [0.05, 0.1) is 0 Å². The lowest BCUT2D eigenvalue weighted by Crippen LogP contribution is -2.33.